The number of benzene rings is 2. The Labute approximate surface area is 155 Å². The van der Waals surface area contributed by atoms with Gasteiger partial charge >= 0.3 is 0 Å². The lowest BCUT2D eigenvalue weighted by molar-refractivity contribution is -0.384. The van der Waals surface area contributed by atoms with Crippen molar-refractivity contribution in [1.29, 1.82) is 0 Å². The number of carbonyl (C=O) groups is 1. The first-order chi connectivity index (χ1) is 12.0. The zero-order valence-electron chi connectivity index (χ0n) is 12.4. The summed E-state index contributed by atoms with van der Waals surface area (Å²) in [5.41, 5.74) is 2.56. The van der Waals surface area contributed by atoms with Crippen LogP contribution < -0.4 is 5.43 Å². The van der Waals surface area contributed by atoms with Crippen LogP contribution in [0.3, 0.4) is 0 Å². The molecule has 1 aromatic heterocycles. The Morgan fingerprint density at radius 1 is 1.24 bits per heavy atom. The van der Waals surface area contributed by atoms with E-state index >= 15 is 0 Å². The van der Waals surface area contributed by atoms with E-state index in [0.717, 1.165) is 10.1 Å². The molecule has 1 heterocycles. The molecule has 1 N–H and O–H groups in total. The molecule has 9 heteroatoms. The van der Waals surface area contributed by atoms with E-state index in [0.29, 0.717) is 15.5 Å². The smallest absolute Gasteiger partial charge is 0.266 e. The Bertz CT molecular complexity index is 1020. The molecule has 6 nitrogen and oxygen atoms in total. The minimum atomic E-state index is -0.588. The molecule has 25 heavy (non-hydrogen) atoms. The molecule has 0 saturated heterocycles. The van der Waals surface area contributed by atoms with Gasteiger partial charge in [-0.1, -0.05) is 47.5 Å². The molecule has 3 aromatic rings. The second-order valence-electron chi connectivity index (χ2n) is 4.91. The number of nitro benzene ring substituents is 1. The summed E-state index contributed by atoms with van der Waals surface area (Å²) in [6.45, 7) is 0. The Hall–Kier alpha value is -2.48. The number of nitrogens with zero attached hydrogens (tertiary/aromatic N) is 2. The summed E-state index contributed by atoms with van der Waals surface area (Å²) >= 11 is 13.2. The lowest BCUT2D eigenvalue weighted by Gasteiger charge is -1.99. The number of fused-ring (bicyclic) bond motifs is 1. The Morgan fingerprint density at radius 3 is 2.72 bits per heavy atom. The highest BCUT2D eigenvalue weighted by molar-refractivity contribution is 7.21. The number of hydrazone groups is 1. The summed E-state index contributed by atoms with van der Waals surface area (Å²) in [6.07, 6.45) is 1.29. The summed E-state index contributed by atoms with van der Waals surface area (Å²) < 4.78 is 0.898. The van der Waals surface area contributed by atoms with Crippen LogP contribution in [0.15, 0.2) is 47.6 Å². The van der Waals surface area contributed by atoms with Gasteiger partial charge in [0, 0.05) is 21.7 Å². The number of rotatable bonds is 4. The first-order valence-corrected chi connectivity index (χ1v) is 8.49. The molecular weight excluding hydrogens is 385 g/mol. The van der Waals surface area contributed by atoms with Gasteiger partial charge in [-0.05, 0) is 12.1 Å². The van der Waals surface area contributed by atoms with Crippen molar-refractivity contribution in [2.24, 2.45) is 5.10 Å². The Morgan fingerprint density at radius 2 is 2.00 bits per heavy atom. The molecule has 0 spiro atoms. The fraction of sp³-hybridized carbons (Fsp3) is 0. The van der Waals surface area contributed by atoms with Crippen molar-refractivity contribution in [2.75, 3.05) is 0 Å². The van der Waals surface area contributed by atoms with Crippen LogP contribution in [0.4, 0.5) is 5.69 Å². The van der Waals surface area contributed by atoms with Gasteiger partial charge in [0.05, 0.1) is 16.2 Å². The van der Waals surface area contributed by atoms with Crippen molar-refractivity contribution in [3.05, 3.63) is 73.1 Å². The zero-order chi connectivity index (χ0) is 18.0. The van der Waals surface area contributed by atoms with Crippen molar-refractivity contribution in [2.45, 2.75) is 0 Å². The molecule has 2 aromatic carbocycles. The molecule has 1 amide bonds. The van der Waals surface area contributed by atoms with Crippen molar-refractivity contribution in [1.82, 2.24) is 5.43 Å². The first kappa shape index (κ1) is 17.3. The maximum absolute atomic E-state index is 12.2. The average Bonchev–Trinajstić information content (AvgIpc) is 2.93. The first-order valence-electron chi connectivity index (χ1n) is 6.91. The van der Waals surface area contributed by atoms with Crippen molar-refractivity contribution in [3.63, 3.8) is 0 Å². The third-order valence-electron chi connectivity index (χ3n) is 3.29. The molecular formula is C16H9Cl2N3O3S. The second-order valence-corrected chi connectivity index (χ2v) is 6.75. The van der Waals surface area contributed by atoms with E-state index in [1.165, 1.54) is 29.7 Å². The molecule has 3 rings (SSSR count). The molecule has 0 atom stereocenters. The van der Waals surface area contributed by atoms with Crippen LogP contribution in [0, 0.1) is 10.1 Å². The third kappa shape index (κ3) is 3.63. The van der Waals surface area contributed by atoms with Gasteiger partial charge in [0.25, 0.3) is 11.6 Å². The van der Waals surface area contributed by atoms with Crippen LogP contribution in [0.25, 0.3) is 10.1 Å². The maximum Gasteiger partial charge on any atom is 0.288 e. The Kier molecular flexibility index (Phi) is 4.98. The zero-order valence-corrected chi connectivity index (χ0v) is 14.7. The highest BCUT2D eigenvalue weighted by atomic mass is 35.5. The molecule has 0 aliphatic rings. The fourth-order valence-corrected chi connectivity index (χ4v) is 3.72. The standard InChI is InChI=1S/C16H9Cl2N3O3S/c17-11-6-5-9(7-12(11)21(23)24)8-19-20-16(22)15-14(18)10-3-1-2-4-13(10)25-15/h1-8H,(H,20,22)/b19-8+. The van der Waals surface area contributed by atoms with Crippen LogP contribution in [-0.2, 0) is 0 Å². The molecule has 0 saturated carbocycles. The van der Waals surface area contributed by atoms with Gasteiger partial charge in [-0.3, -0.25) is 14.9 Å². The molecule has 0 radical (unpaired) electrons. The SMILES string of the molecule is O=C(N/N=C/c1ccc(Cl)c([N+](=O)[O-])c1)c1sc2ccccc2c1Cl. The fourth-order valence-electron chi connectivity index (χ4n) is 2.13. The van der Waals surface area contributed by atoms with Gasteiger partial charge < -0.3 is 0 Å². The number of hydrogen-bond donors (Lipinski definition) is 1. The van der Waals surface area contributed by atoms with Crippen LogP contribution in [0.1, 0.15) is 15.2 Å². The minimum Gasteiger partial charge on any atom is -0.266 e. The van der Waals surface area contributed by atoms with Crippen LogP contribution in [-0.4, -0.2) is 17.0 Å². The number of thiophene rings is 1. The summed E-state index contributed by atoms with van der Waals surface area (Å²) in [6, 6.07) is 11.6. The highest BCUT2D eigenvalue weighted by Crippen LogP contribution is 2.34. The van der Waals surface area contributed by atoms with Gasteiger partial charge in [0.1, 0.15) is 9.90 Å². The van der Waals surface area contributed by atoms with Crippen LogP contribution in [0.5, 0.6) is 0 Å². The van der Waals surface area contributed by atoms with Gasteiger partial charge in [-0.2, -0.15) is 5.10 Å². The van der Waals surface area contributed by atoms with Crippen LogP contribution >= 0.6 is 34.5 Å². The third-order valence-corrected chi connectivity index (χ3v) is 5.28. The monoisotopic (exact) mass is 393 g/mol. The van der Waals surface area contributed by atoms with Gasteiger partial charge in [-0.15, -0.1) is 11.3 Å². The lowest BCUT2D eigenvalue weighted by atomic mass is 10.2. The van der Waals surface area contributed by atoms with E-state index in [1.807, 2.05) is 24.3 Å². The number of carbonyl (C=O) groups excluding carboxylic acids is 1. The van der Waals surface area contributed by atoms with E-state index < -0.39 is 10.8 Å². The summed E-state index contributed by atoms with van der Waals surface area (Å²) in [4.78, 5) is 22.8. The number of halogens is 2. The molecule has 0 fully saturated rings. The second kappa shape index (κ2) is 7.18. The lowest BCUT2D eigenvalue weighted by Crippen LogP contribution is -2.16. The predicted molar refractivity (Wildman–Crippen MR) is 100 cm³/mol. The normalized spacial score (nSPS) is 11.1. The minimum absolute atomic E-state index is 0.0308. The van der Waals surface area contributed by atoms with Gasteiger partial charge in [0.15, 0.2) is 0 Å². The molecule has 0 aliphatic heterocycles. The molecule has 0 bridgehead atoms. The summed E-state index contributed by atoms with van der Waals surface area (Å²) in [5, 5.41) is 15.9. The predicted octanol–water partition coefficient (Wildman–Crippen LogP) is 4.88. The highest BCUT2D eigenvalue weighted by Gasteiger charge is 2.16. The van der Waals surface area contributed by atoms with E-state index in [9.17, 15) is 14.9 Å². The number of hydrogen-bond acceptors (Lipinski definition) is 5. The Balaban J connectivity index is 1.77. The van der Waals surface area contributed by atoms with Gasteiger partial charge in [-0.25, -0.2) is 5.43 Å². The molecule has 0 unspecified atom stereocenters. The quantitative estimate of drug-likeness (QED) is 0.389. The largest absolute Gasteiger partial charge is 0.288 e. The average molecular weight is 394 g/mol. The van der Waals surface area contributed by atoms with Crippen molar-refractivity contribution in [3.8, 4) is 0 Å². The summed E-state index contributed by atoms with van der Waals surface area (Å²) in [7, 11) is 0. The topological polar surface area (TPSA) is 84.6 Å². The maximum atomic E-state index is 12.2. The molecule has 0 aliphatic carbocycles. The summed E-state index contributed by atoms with van der Waals surface area (Å²) in [5.74, 6) is -0.453. The van der Waals surface area contributed by atoms with E-state index in [2.05, 4.69) is 10.5 Å². The van der Waals surface area contributed by atoms with E-state index in [1.54, 1.807) is 6.07 Å². The van der Waals surface area contributed by atoms with E-state index in [-0.39, 0.29) is 10.7 Å². The number of nitro groups is 1. The number of amides is 1. The van der Waals surface area contributed by atoms with Crippen molar-refractivity contribution < 1.29 is 9.72 Å². The van der Waals surface area contributed by atoms with Gasteiger partial charge in [0.2, 0.25) is 0 Å². The van der Waals surface area contributed by atoms with Crippen molar-refractivity contribution >= 4 is 62.4 Å². The van der Waals surface area contributed by atoms with Crippen LogP contribution in [0.2, 0.25) is 10.0 Å². The number of nitrogens with one attached hydrogen (secondary N) is 1. The van der Waals surface area contributed by atoms with E-state index in [4.69, 9.17) is 23.2 Å². The molecule has 126 valence electrons.